The van der Waals surface area contributed by atoms with Crippen molar-refractivity contribution < 1.29 is 5.11 Å². The predicted octanol–water partition coefficient (Wildman–Crippen LogP) is 6.34. The number of phenols is 1. The highest BCUT2D eigenvalue weighted by Gasteiger charge is 2.25. The van der Waals surface area contributed by atoms with E-state index in [1.807, 2.05) is 32.9 Å². The van der Waals surface area contributed by atoms with Crippen LogP contribution in [-0.2, 0) is 0 Å². The Morgan fingerprint density at radius 2 is 1.71 bits per heavy atom. The van der Waals surface area contributed by atoms with Crippen molar-refractivity contribution >= 4 is 11.4 Å². The van der Waals surface area contributed by atoms with E-state index in [0.29, 0.717) is 18.3 Å². The molecular weight excluding hydrogens is 346 g/mol. The molecule has 4 heteroatoms. The second-order valence-corrected chi connectivity index (χ2v) is 7.13. The lowest BCUT2D eigenvalue weighted by atomic mass is 10.0. The van der Waals surface area contributed by atoms with E-state index in [1.165, 1.54) is 50.5 Å². The lowest BCUT2D eigenvalue weighted by Crippen LogP contribution is -2.13. The maximum absolute atomic E-state index is 10.2. The molecule has 156 valence electrons. The van der Waals surface area contributed by atoms with E-state index in [2.05, 4.69) is 29.9 Å². The second-order valence-electron chi connectivity index (χ2n) is 7.13. The summed E-state index contributed by atoms with van der Waals surface area (Å²) in [7, 11) is 0. The van der Waals surface area contributed by atoms with E-state index >= 15 is 0 Å². The van der Waals surface area contributed by atoms with Crippen LogP contribution in [-0.4, -0.2) is 23.1 Å². The fourth-order valence-corrected chi connectivity index (χ4v) is 3.01. The van der Waals surface area contributed by atoms with Crippen LogP contribution in [0.2, 0.25) is 0 Å². The average molecular weight is 386 g/mol. The molecule has 0 aromatic heterocycles. The third kappa shape index (κ3) is 7.87. The van der Waals surface area contributed by atoms with Gasteiger partial charge in [-0.15, -0.1) is 0 Å². The molecule has 0 unspecified atom stereocenters. The van der Waals surface area contributed by atoms with E-state index in [-0.39, 0.29) is 5.75 Å². The molecule has 0 spiro atoms. The van der Waals surface area contributed by atoms with Crippen molar-refractivity contribution in [2.24, 2.45) is 15.7 Å². The van der Waals surface area contributed by atoms with Crippen LogP contribution in [0.1, 0.15) is 96.6 Å². The van der Waals surface area contributed by atoms with Gasteiger partial charge in [-0.1, -0.05) is 65.9 Å². The third-order valence-electron chi connectivity index (χ3n) is 4.72. The summed E-state index contributed by atoms with van der Waals surface area (Å²) in [4.78, 5) is 8.70. The summed E-state index contributed by atoms with van der Waals surface area (Å²) in [6.07, 6.45) is 11.2. The van der Waals surface area contributed by atoms with Crippen molar-refractivity contribution in [3.05, 3.63) is 41.2 Å². The number of unbranched alkanes of at least 4 members (excludes halogenated alkanes) is 4. The number of nitrogens with zero attached hydrogens (tertiary/aromatic N) is 2. The Hall–Kier alpha value is -2.10. The van der Waals surface area contributed by atoms with Crippen molar-refractivity contribution in [2.75, 3.05) is 6.54 Å². The van der Waals surface area contributed by atoms with Crippen LogP contribution < -0.4 is 5.73 Å². The van der Waals surface area contributed by atoms with E-state index in [0.717, 1.165) is 17.0 Å². The molecule has 1 aliphatic heterocycles. The molecule has 3 N–H and O–H groups in total. The Morgan fingerprint density at radius 1 is 1.07 bits per heavy atom. The van der Waals surface area contributed by atoms with Crippen molar-refractivity contribution in [1.82, 2.24) is 0 Å². The Morgan fingerprint density at radius 3 is 2.25 bits per heavy atom. The highest BCUT2D eigenvalue weighted by Crippen LogP contribution is 2.41. The number of phenolic OH excluding ortho intramolecular Hbond substituents is 1. The van der Waals surface area contributed by atoms with Gasteiger partial charge in [0.25, 0.3) is 0 Å². The molecule has 1 aromatic carbocycles. The zero-order valence-corrected chi connectivity index (χ0v) is 18.5. The normalized spacial score (nSPS) is 15.7. The van der Waals surface area contributed by atoms with Crippen molar-refractivity contribution in [1.29, 1.82) is 0 Å². The molecule has 0 atom stereocenters. The summed E-state index contributed by atoms with van der Waals surface area (Å²) in [5, 5.41) is 10.2. The monoisotopic (exact) mass is 385 g/mol. The zero-order chi connectivity index (χ0) is 20.9. The molecule has 28 heavy (non-hydrogen) atoms. The fourth-order valence-electron chi connectivity index (χ4n) is 3.01. The summed E-state index contributed by atoms with van der Waals surface area (Å²) in [5.74, 6) is 1.38. The predicted molar refractivity (Wildman–Crippen MR) is 123 cm³/mol. The van der Waals surface area contributed by atoms with Gasteiger partial charge in [-0.3, -0.25) is 4.99 Å². The molecule has 0 amide bonds. The van der Waals surface area contributed by atoms with Crippen LogP contribution in [0.3, 0.4) is 0 Å². The number of hydrogen-bond donors (Lipinski definition) is 2. The van der Waals surface area contributed by atoms with Gasteiger partial charge in [0.05, 0.1) is 18.0 Å². The molecule has 2 aliphatic rings. The van der Waals surface area contributed by atoms with Crippen LogP contribution in [0, 0.1) is 0 Å². The number of nitrogens with two attached hydrogens (primary N) is 1. The van der Waals surface area contributed by atoms with Crippen LogP contribution in [0.25, 0.3) is 0 Å². The second kappa shape index (κ2) is 13.1. The molecule has 4 nitrogen and oxygen atoms in total. The maximum atomic E-state index is 10.2. The van der Waals surface area contributed by atoms with Crippen LogP contribution in [0.4, 0.5) is 0 Å². The van der Waals surface area contributed by atoms with E-state index in [1.54, 1.807) is 6.08 Å². The average Bonchev–Trinajstić information content (AvgIpc) is 3.54. The lowest BCUT2D eigenvalue weighted by molar-refractivity contribution is 0.473. The Kier molecular flexibility index (Phi) is 11.2. The Balaban J connectivity index is 0.000000372. The van der Waals surface area contributed by atoms with Gasteiger partial charge in [0.15, 0.2) is 0 Å². The molecule has 3 rings (SSSR count). The molecule has 0 saturated heterocycles. The third-order valence-corrected chi connectivity index (χ3v) is 4.72. The standard InChI is InChI=1S/C15H17N3O.C7H16.C2H6/c1-9-15(17-7-6-14(16)18-9)12-5-4-11(8-13(12)19)10-2-3-10;1-3-5-7-6-4-2;1-2/h4-6,8,10,19H,2-3,7,16H2,1H3;3-7H2,1-2H3;1-2H3. The lowest BCUT2D eigenvalue weighted by Gasteiger charge is -2.09. The highest BCUT2D eigenvalue weighted by atomic mass is 16.3. The molecule has 0 radical (unpaired) electrons. The van der Waals surface area contributed by atoms with Crippen LogP contribution >= 0.6 is 0 Å². The number of aliphatic imine (C=N–C) groups is 2. The van der Waals surface area contributed by atoms with Gasteiger partial charge in [-0.25, -0.2) is 4.99 Å². The molecule has 1 aromatic rings. The van der Waals surface area contributed by atoms with E-state index in [9.17, 15) is 5.11 Å². The fraction of sp³-hybridized carbons (Fsp3) is 0.583. The first kappa shape index (κ1) is 23.9. The largest absolute Gasteiger partial charge is 0.507 e. The molecular formula is C24H39N3O. The first-order valence-electron chi connectivity index (χ1n) is 11.0. The van der Waals surface area contributed by atoms with Gasteiger partial charge < -0.3 is 10.8 Å². The maximum Gasteiger partial charge on any atom is 0.125 e. The molecule has 1 heterocycles. The molecule has 0 bridgehead atoms. The van der Waals surface area contributed by atoms with Gasteiger partial charge in [-0.05, 0) is 49.5 Å². The van der Waals surface area contributed by atoms with Gasteiger partial charge >= 0.3 is 0 Å². The van der Waals surface area contributed by atoms with Gasteiger partial charge in [0.2, 0.25) is 0 Å². The summed E-state index contributed by atoms with van der Waals surface area (Å²) in [6.45, 7) is 10.8. The van der Waals surface area contributed by atoms with Gasteiger partial charge in [-0.2, -0.15) is 0 Å². The summed E-state index contributed by atoms with van der Waals surface area (Å²) in [5.41, 5.74) is 9.11. The zero-order valence-electron chi connectivity index (χ0n) is 18.5. The number of rotatable bonds is 6. The van der Waals surface area contributed by atoms with Crippen LogP contribution in [0.5, 0.6) is 5.75 Å². The minimum atomic E-state index is 0.276. The number of hydrogen-bond acceptors (Lipinski definition) is 4. The first-order valence-corrected chi connectivity index (χ1v) is 11.0. The Labute approximate surface area is 171 Å². The highest BCUT2D eigenvalue weighted by molar-refractivity contribution is 6.48. The van der Waals surface area contributed by atoms with Crippen molar-refractivity contribution in [3.63, 3.8) is 0 Å². The van der Waals surface area contributed by atoms with Gasteiger partial charge in [0, 0.05) is 5.56 Å². The van der Waals surface area contributed by atoms with Crippen molar-refractivity contribution in [2.45, 2.75) is 85.5 Å². The van der Waals surface area contributed by atoms with Crippen LogP contribution in [0.15, 0.2) is 40.1 Å². The molecule has 1 saturated carbocycles. The molecule has 1 aliphatic carbocycles. The number of aromatic hydroxyl groups is 1. The SMILES string of the molecule is CC.CC1=NC(N)=CCN=C1c1ccc(C2CC2)cc1O.CCCCCCC. The van der Waals surface area contributed by atoms with Gasteiger partial charge in [0.1, 0.15) is 11.6 Å². The quantitative estimate of drug-likeness (QED) is 0.561. The van der Waals surface area contributed by atoms with Crippen molar-refractivity contribution in [3.8, 4) is 5.75 Å². The summed E-state index contributed by atoms with van der Waals surface area (Å²) < 4.78 is 0. The summed E-state index contributed by atoms with van der Waals surface area (Å²) in [6, 6.07) is 5.86. The minimum absolute atomic E-state index is 0.276. The molecule has 1 fully saturated rings. The smallest absolute Gasteiger partial charge is 0.125 e. The minimum Gasteiger partial charge on any atom is -0.507 e. The number of benzene rings is 1. The summed E-state index contributed by atoms with van der Waals surface area (Å²) >= 11 is 0. The first-order chi connectivity index (χ1) is 13.6. The van der Waals surface area contributed by atoms with E-state index in [4.69, 9.17) is 5.73 Å². The Bertz CT molecular complexity index is 681. The van der Waals surface area contributed by atoms with E-state index < -0.39 is 0 Å². The topological polar surface area (TPSA) is 71.0 Å².